The zero-order valence-electron chi connectivity index (χ0n) is 15.9. The van der Waals surface area contributed by atoms with Crippen LogP contribution in [0.3, 0.4) is 0 Å². The lowest BCUT2D eigenvalue weighted by Crippen LogP contribution is -2.42. The molecule has 0 saturated carbocycles. The molecule has 0 aliphatic heterocycles. The molecule has 0 aromatic heterocycles. The van der Waals surface area contributed by atoms with E-state index >= 15 is 0 Å². The van der Waals surface area contributed by atoms with Crippen LogP contribution in [0.15, 0.2) is 23.8 Å². The van der Waals surface area contributed by atoms with Crippen LogP contribution in [0.1, 0.15) is 58.8 Å². The highest BCUT2D eigenvalue weighted by Crippen LogP contribution is 2.32. The van der Waals surface area contributed by atoms with E-state index in [1.54, 1.807) is 19.9 Å². The number of aliphatic hydroxyl groups is 1. The maximum atomic E-state index is 12.6. The predicted octanol–water partition coefficient (Wildman–Crippen LogP) is 3.32. The average molecular weight is 362 g/mol. The van der Waals surface area contributed by atoms with Gasteiger partial charge in [0.1, 0.15) is 0 Å². The summed E-state index contributed by atoms with van der Waals surface area (Å²) in [5, 5.41) is 9.47. The molecule has 1 rings (SSSR count). The van der Waals surface area contributed by atoms with Crippen molar-refractivity contribution in [2.24, 2.45) is 5.41 Å². The number of aliphatic hydroxyl groups excluding tert-OH is 1. The third kappa shape index (κ3) is 5.74. The van der Waals surface area contributed by atoms with Gasteiger partial charge in [0.05, 0.1) is 19.8 Å². The van der Waals surface area contributed by atoms with Crippen molar-refractivity contribution in [1.29, 1.82) is 0 Å². The van der Waals surface area contributed by atoms with Gasteiger partial charge >= 0.3 is 11.9 Å². The molecular formula is C21H30O5. The van der Waals surface area contributed by atoms with Gasteiger partial charge in [-0.25, -0.2) is 0 Å². The highest BCUT2D eigenvalue weighted by molar-refractivity contribution is 6.00. The quantitative estimate of drug-likeness (QED) is 0.295. The van der Waals surface area contributed by atoms with Gasteiger partial charge in [-0.2, -0.15) is 0 Å². The van der Waals surface area contributed by atoms with Crippen molar-refractivity contribution in [3.8, 4) is 11.8 Å². The lowest BCUT2D eigenvalue weighted by Gasteiger charge is -2.27. The molecule has 0 radical (unpaired) electrons. The number of rotatable bonds is 9. The summed E-state index contributed by atoms with van der Waals surface area (Å²) in [5.41, 5.74) is 0.429. The molecule has 0 saturated heterocycles. The van der Waals surface area contributed by atoms with Crippen LogP contribution in [0.25, 0.3) is 0 Å². The van der Waals surface area contributed by atoms with Gasteiger partial charge in [0.2, 0.25) is 0 Å². The minimum atomic E-state index is -1.44. The summed E-state index contributed by atoms with van der Waals surface area (Å²) < 4.78 is 10.3. The van der Waals surface area contributed by atoms with Crippen molar-refractivity contribution in [2.45, 2.75) is 58.8 Å². The number of esters is 2. The zero-order chi connectivity index (χ0) is 19.4. The number of hydrogen-bond donors (Lipinski definition) is 1. The first-order valence-electron chi connectivity index (χ1n) is 9.31. The lowest BCUT2D eigenvalue weighted by atomic mass is 9.79. The Labute approximate surface area is 156 Å². The van der Waals surface area contributed by atoms with Gasteiger partial charge in [-0.05, 0) is 57.9 Å². The molecule has 0 atom stereocenters. The smallest absolute Gasteiger partial charge is 0.324 e. The van der Waals surface area contributed by atoms with Crippen LogP contribution in [-0.2, 0) is 19.1 Å². The first-order valence-corrected chi connectivity index (χ1v) is 9.31. The molecule has 0 unspecified atom stereocenters. The number of carbonyl (C=O) groups is 2. The Morgan fingerprint density at radius 2 is 1.81 bits per heavy atom. The largest absolute Gasteiger partial charge is 0.465 e. The van der Waals surface area contributed by atoms with E-state index in [4.69, 9.17) is 9.47 Å². The van der Waals surface area contributed by atoms with Crippen LogP contribution in [0.4, 0.5) is 0 Å². The predicted molar refractivity (Wildman–Crippen MR) is 100 cm³/mol. The fraction of sp³-hybridized carbons (Fsp3) is 0.619. The normalized spacial score (nSPS) is 14.3. The van der Waals surface area contributed by atoms with Crippen LogP contribution in [0, 0.1) is 17.3 Å². The highest BCUT2D eigenvalue weighted by Gasteiger charge is 2.47. The summed E-state index contributed by atoms with van der Waals surface area (Å²) >= 11 is 0. The first-order chi connectivity index (χ1) is 12.6. The number of allylic oxidation sites excluding steroid dienone is 2. The van der Waals surface area contributed by atoms with Crippen molar-refractivity contribution < 1.29 is 24.2 Å². The molecule has 0 aromatic carbocycles. The second kappa shape index (κ2) is 11.5. The van der Waals surface area contributed by atoms with Gasteiger partial charge in [0.15, 0.2) is 5.41 Å². The molecule has 0 aromatic rings. The Kier molecular flexibility index (Phi) is 9.75. The Morgan fingerprint density at radius 1 is 1.19 bits per heavy atom. The fourth-order valence-corrected chi connectivity index (χ4v) is 3.00. The van der Waals surface area contributed by atoms with Crippen molar-refractivity contribution in [3.63, 3.8) is 0 Å². The van der Waals surface area contributed by atoms with Gasteiger partial charge in [-0.3, -0.25) is 9.59 Å². The maximum Gasteiger partial charge on any atom is 0.324 e. The Hall–Kier alpha value is -2.06. The molecule has 5 nitrogen and oxygen atoms in total. The van der Waals surface area contributed by atoms with Crippen LogP contribution in [0.5, 0.6) is 0 Å². The third-order valence-corrected chi connectivity index (χ3v) is 4.51. The molecule has 1 N–H and O–H groups in total. The summed E-state index contributed by atoms with van der Waals surface area (Å²) in [6.07, 6.45) is 6.16. The van der Waals surface area contributed by atoms with Gasteiger partial charge in [0.25, 0.3) is 0 Å². The molecule has 26 heavy (non-hydrogen) atoms. The lowest BCUT2D eigenvalue weighted by molar-refractivity contribution is -0.172. The molecule has 0 heterocycles. The van der Waals surface area contributed by atoms with Gasteiger partial charge in [0, 0.05) is 12.0 Å². The van der Waals surface area contributed by atoms with E-state index in [2.05, 4.69) is 18.4 Å². The van der Waals surface area contributed by atoms with Crippen LogP contribution in [-0.4, -0.2) is 36.9 Å². The van der Waals surface area contributed by atoms with E-state index in [1.807, 2.05) is 0 Å². The van der Waals surface area contributed by atoms with E-state index in [0.717, 1.165) is 36.8 Å². The summed E-state index contributed by atoms with van der Waals surface area (Å²) in [6, 6.07) is 0. The van der Waals surface area contributed by atoms with Gasteiger partial charge in [-0.1, -0.05) is 17.9 Å². The van der Waals surface area contributed by atoms with Crippen LogP contribution < -0.4 is 0 Å². The average Bonchev–Trinajstić information content (AvgIpc) is 2.65. The Balaban J connectivity index is 3.16. The second-order valence-corrected chi connectivity index (χ2v) is 6.28. The van der Waals surface area contributed by atoms with Crippen LogP contribution >= 0.6 is 0 Å². The summed E-state index contributed by atoms with van der Waals surface area (Å²) in [6.45, 7) is 7.44. The van der Waals surface area contributed by atoms with E-state index in [-0.39, 0.29) is 32.7 Å². The number of ether oxygens (including phenoxy) is 2. The van der Waals surface area contributed by atoms with E-state index < -0.39 is 17.4 Å². The number of carbonyl (C=O) groups excluding carboxylic acids is 2. The van der Waals surface area contributed by atoms with Gasteiger partial charge < -0.3 is 14.6 Å². The number of hydrogen-bond acceptors (Lipinski definition) is 5. The van der Waals surface area contributed by atoms with Crippen molar-refractivity contribution >= 4 is 11.9 Å². The molecule has 1 aliphatic rings. The third-order valence-electron chi connectivity index (χ3n) is 4.51. The molecule has 144 valence electrons. The highest BCUT2D eigenvalue weighted by atomic mass is 16.6. The minimum absolute atomic E-state index is 0.00136. The van der Waals surface area contributed by atoms with Crippen molar-refractivity contribution in [1.82, 2.24) is 0 Å². The SMILES string of the molecule is C=CCCC(CC#CC1=C(CO)CCCC1)(C(=O)OCC)C(=O)OCC. The van der Waals surface area contributed by atoms with Crippen molar-refractivity contribution in [2.75, 3.05) is 19.8 Å². The fourth-order valence-electron chi connectivity index (χ4n) is 3.00. The summed E-state index contributed by atoms with van der Waals surface area (Å²) in [7, 11) is 0. The maximum absolute atomic E-state index is 12.6. The molecular weight excluding hydrogens is 332 g/mol. The Morgan fingerprint density at radius 3 is 2.35 bits per heavy atom. The molecule has 0 fully saturated rings. The van der Waals surface area contributed by atoms with Crippen molar-refractivity contribution in [3.05, 3.63) is 23.8 Å². The second-order valence-electron chi connectivity index (χ2n) is 6.28. The van der Waals surface area contributed by atoms with E-state index in [1.165, 1.54) is 0 Å². The molecule has 0 spiro atoms. The Bertz CT molecular complexity index is 573. The minimum Gasteiger partial charge on any atom is -0.465 e. The summed E-state index contributed by atoms with van der Waals surface area (Å²) in [5.74, 6) is 4.86. The molecule has 0 bridgehead atoms. The van der Waals surface area contributed by atoms with Crippen LogP contribution in [0.2, 0.25) is 0 Å². The zero-order valence-corrected chi connectivity index (χ0v) is 15.9. The summed E-state index contributed by atoms with van der Waals surface area (Å²) in [4.78, 5) is 25.2. The van der Waals surface area contributed by atoms with E-state index in [0.29, 0.717) is 6.42 Å². The monoisotopic (exact) mass is 362 g/mol. The standard InChI is InChI=1S/C21H30O5/c1-4-7-14-21(19(23)25-5-2,20(24)26-6-3)15-10-13-17-11-8-9-12-18(17)16-22/h4,22H,1,5-9,11-12,14-16H2,2-3H3. The molecule has 1 aliphatic carbocycles. The first kappa shape index (κ1) is 22.0. The molecule has 0 amide bonds. The topological polar surface area (TPSA) is 72.8 Å². The van der Waals surface area contributed by atoms with E-state index in [9.17, 15) is 14.7 Å². The van der Waals surface area contributed by atoms with Gasteiger partial charge in [-0.15, -0.1) is 6.58 Å². The molecule has 5 heteroatoms.